The van der Waals surface area contributed by atoms with E-state index >= 15 is 0 Å². The SMILES string of the molecule is NCC(Cc1cccc(Cl)c1)Cc1cccc(Br)c1. The molecule has 0 heterocycles. The standard InChI is InChI=1S/C16H17BrClN/c17-15-5-1-3-12(9-15)7-14(11-19)8-13-4-2-6-16(18)10-13/h1-6,9-10,14H,7-8,11,19H2. The highest BCUT2D eigenvalue weighted by atomic mass is 79.9. The molecule has 19 heavy (non-hydrogen) atoms. The van der Waals surface area contributed by atoms with E-state index in [1.165, 1.54) is 11.1 Å². The minimum Gasteiger partial charge on any atom is -0.330 e. The quantitative estimate of drug-likeness (QED) is 0.855. The molecule has 0 saturated carbocycles. The molecular weight excluding hydrogens is 322 g/mol. The maximum absolute atomic E-state index is 6.02. The second kappa shape index (κ2) is 7.09. The maximum Gasteiger partial charge on any atom is 0.0408 e. The lowest BCUT2D eigenvalue weighted by atomic mass is 9.93. The van der Waals surface area contributed by atoms with E-state index in [4.69, 9.17) is 17.3 Å². The van der Waals surface area contributed by atoms with Crippen molar-refractivity contribution in [2.75, 3.05) is 6.54 Å². The Kier molecular flexibility index (Phi) is 5.44. The molecule has 0 bridgehead atoms. The van der Waals surface area contributed by atoms with Gasteiger partial charge in [-0.2, -0.15) is 0 Å². The first kappa shape index (κ1) is 14.6. The van der Waals surface area contributed by atoms with E-state index in [1.807, 2.05) is 24.3 Å². The van der Waals surface area contributed by atoms with Gasteiger partial charge in [0.15, 0.2) is 0 Å². The average molecular weight is 339 g/mol. The zero-order valence-electron chi connectivity index (χ0n) is 10.7. The number of nitrogens with two attached hydrogens (primary N) is 1. The second-order valence-corrected chi connectivity index (χ2v) is 6.12. The summed E-state index contributed by atoms with van der Waals surface area (Å²) in [5.74, 6) is 0.438. The summed E-state index contributed by atoms with van der Waals surface area (Å²) in [6.45, 7) is 0.680. The van der Waals surface area contributed by atoms with Gasteiger partial charge in [-0.25, -0.2) is 0 Å². The van der Waals surface area contributed by atoms with Crippen LogP contribution in [-0.2, 0) is 12.8 Å². The molecule has 0 spiro atoms. The molecule has 0 aliphatic rings. The van der Waals surface area contributed by atoms with Gasteiger partial charge in [-0.05, 0) is 60.7 Å². The van der Waals surface area contributed by atoms with Gasteiger partial charge in [0.25, 0.3) is 0 Å². The van der Waals surface area contributed by atoms with Crippen molar-refractivity contribution in [3.05, 3.63) is 69.2 Å². The van der Waals surface area contributed by atoms with Crippen molar-refractivity contribution < 1.29 is 0 Å². The Morgan fingerprint density at radius 2 is 1.63 bits per heavy atom. The third kappa shape index (κ3) is 4.64. The monoisotopic (exact) mass is 337 g/mol. The Morgan fingerprint density at radius 3 is 2.21 bits per heavy atom. The van der Waals surface area contributed by atoms with Crippen molar-refractivity contribution in [2.45, 2.75) is 12.8 Å². The summed E-state index contributed by atoms with van der Waals surface area (Å²) in [6, 6.07) is 16.4. The summed E-state index contributed by atoms with van der Waals surface area (Å²) >= 11 is 9.52. The summed E-state index contributed by atoms with van der Waals surface area (Å²) < 4.78 is 1.11. The third-order valence-electron chi connectivity index (χ3n) is 3.16. The lowest BCUT2D eigenvalue weighted by Gasteiger charge is -2.15. The second-order valence-electron chi connectivity index (χ2n) is 4.77. The molecule has 1 unspecified atom stereocenters. The molecule has 0 aliphatic carbocycles. The molecule has 2 rings (SSSR count). The highest BCUT2D eigenvalue weighted by Gasteiger charge is 2.09. The van der Waals surface area contributed by atoms with Crippen molar-refractivity contribution in [3.8, 4) is 0 Å². The molecule has 0 amide bonds. The number of hydrogen-bond donors (Lipinski definition) is 1. The first-order chi connectivity index (χ1) is 9.17. The van der Waals surface area contributed by atoms with Crippen LogP contribution in [0.5, 0.6) is 0 Å². The average Bonchev–Trinajstić information content (AvgIpc) is 2.38. The molecule has 1 atom stereocenters. The molecule has 2 aromatic carbocycles. The highest BCUT2D eigenvalue weighted by molar-refractivity contribution is 9.10. The minimum atomic E-state index is 0.438. The molecule has 0 fully saturated rings. The number of benzene rings is 2. The molecule has 0 aliphatic heterocycles. The first-order valence-electron chi connectivity index (χ1n) is 6.36. The fourth-order valence-corrected chi connectivity index (χ4v) is 2.89. The summed E-state index contributed by atoms with van der Waals surface area (Å²) in [4.78, 5) is 0. The van der Waals surface area contributed by atoms with Crippen molar-refractivity contribution in [1.29, 1.82) is 0 Å². The van der Waals surface area contributed by atoms with Crippen molar-refractivity contribution in [1.82, 2.24) is 0 Å². The van der Waals surface area contributed by atoms with Crippen LogP contribution in [0.2, 0.25) is 5.02 Å². The van der Waals surface area contributed by atoms with Crippen LogP contribution < -0.4 is 5.73 Å². The molecule has 0 aromatic heterocycles. The van der Waals surface area contributed by atoms with Gasteiger partial charge in [0.1, 0.15) is 0 Å². The van der Waals surface area contributed by atoms with E-state index in [1.54, 1.807) is 0 Å². The lowest BCUT2D eigenvalue weighted by molar-refractivity contribution is 0.533. The van der Waals surface area contributed by atoms with E-state index in [0.29, 0.717) is 12.5 Å². The molecular formula is C16H17BrClN. The van der Waals surface area contributed by atoms with Gasteiger partial charge in [-0.3, -0.25) is 0 Å². The van der Waals surface area contributed by atoms with E-state index in [9.17, 15) is 0 Å². The molecule has 0 saturated heterocycles. The predicted molar refractivity (Wildman–Crippen MR) is 85.5 cm³/mol. The first-order valence-corrected chi connectivity index (χ1v) is 7.53. The van der Waals surface area contributed by atoms with Gasteiger partial charge in [-0.15, -0.1) is 0 Å². The van der Waals surface area contributed by atoms with Crippen LogP contribution >= 0.6 is 27.5 Å². The minimum absolute atomic E-state index is 0.438. The highest BCUT2D eigenvalue weighted by Crippen LogP contribution is 2.19. The van der Waals surface area contributed by atoms with Crippen LogP contribution in [0.3, 0.4) is 0 Å². The summed E-state index contributed by atoms with van der Waals surface area (Å²) in [7, 11) is 0. The van der Waals surface area contributed by atoms with Crippen LogP contribution in [-0.4, -0.2) is 6.54 Å². The largest absolute Gasteiger partial charge is 0.330 e. The zero-order chi connectivity index (χ0) is 13.7. The Labute approximate surface area is 127 Å². The summed E-state index contributed by atoms with van der Waals surface area (Å²) in [5.41, 5.74) is 8.46. The topological polar surface area (TPSA) is 26.0 Å². The van der Waals surface area contributed by atoms with E-state index in [0.717, 1.165) is 22.3 Å². The van der Waals surface area contributed by atoms with Gasteiger partial charge in [0, 0.05) is 9.50 Å². The van der Waals surface area contributed by atoms with Gasteiger partial charge in [-0.1, -0.05) is 51.8 Å². The fourth-order valence-electron chi connectivity index (χ4n) is 2.23. The van der Waals surface area contributed by atoms with Crippen molar-refractivity contribution >= 4 is 27.5 Å². The molecule has 100 valence electrons. The zero-order valence-corrected chi connectivity index (χ0v) is 13.0. The predicted octanol–water partition coefficient (Wildman–Crippen LogP) is 4.46. The van der Waals surface area contributed by atoms with Crippen LogP contribution in [0.15, 0.2) is 53.0 Å². The van der Waals surface area contributed by atoms with Gasteiger partial charge in [0.05, 0.1) is 0 Å². The van der Waals surface area contributed by atoms with E-state index in [-0.39, 0.29) is 0 Å². The molecule has 2 aromatic rings. The maximum atomic E-state index is 6.02. The Bertz CT molecular complexity index is 494. The Morgan fingerprint density at radius 1 is 1.00 bits per heavy atom. The Hall–Kier alpha value is -0.830. The number of rotatable bonds is 5. The molecule has 1 nitrogen and oxygen atoms in total. The van der Waals surface area contributed by atoms with Crippen LogP contribution in [0, 0.1) is 5.92 Å². The Balaban J connectivity index is 2.04. The van der Waals surface area contributed by atoms with Gasteiger partial charge >= 0.3 is 0 Å². The van der Waals surface area contributed by atoms with Crippen molar-refractivity contribution in [2.24, 2.45) is 11.7 Å². The number of halogens is 2. The van der Waals surface area contributed by atoms with Crippen LogP contribution in [0.1, 0.15) is 11.1 Å². The third-order valence-corrected chi connectivity index (χ3v) is 3.89. The normalized spacial score (nSPS) is 12.4. The fraction of sp³-hybridized carbons (Fsp3) is 0.250. The van der Waals surface area contributed by atoms with Crippen molar-refractivity contribution in [3.63, 3.8) is 0 Å². The molecule has 3 heteroatoms. The van der Waals surface area contributed by atoms with Gasteiger partial charge < -0.3 is 5.73 Å². The van der Waals surface area contributed by atoms with Gasteiger partial charge in [0.2, 0.25) is 0 Å². The summed E-state index contributed by atoms with van der Waals surface area (Å²) in [5, 5.41) is 0.788. The molecule has 2 N–H and O–H groups in total. The lowest BCUT2D eigenvalue weighted by Crippen LogP contribution is -2.19. The molecule has 0 radical (unpaired) electrons. The summed E-state index contributed by atoms with van der Waals surface area (Å²) in [6.07, 6.45) is 1.95. The smallest absolute Gasteiger partial charge is 0.0408 e. The van der Waals surface area contributed by atoms with Crippen LogP contribution in [0.4, 0.5) is 0 Å². The van der Waals surface area contributed by atoms with Crippen LogP contribution in [0.25, 0.3) is 0 Å². The van der Waals surface area contributed by atoms with E-state index in [2.05, 4.69) is 40.2 Å². The van der Waals surface area contributed by atoms with E-state index < -0.39 is 0 Å². The number of hydrogen-bond acceptors (Lipinski definition) is 1.